The van der Waals surface area contributed by atoms with Gasteiger partial charge in [-0.1, -0.05) is 47.7 Å². The molecule has 0 spiro atoms. The van der Waals surface area contributed by atoms with Crippen molar-refractivity contribution in [2.45, 2.75) is 16.8 Å². The van der Waals surface area contributed by atoms with Crippen LogP contribution in [-0.4, -0.2) is 19.5 Å². The minimum Gasteiger partial charge on any atom is -0.283 e. The number of para-hydroxylation sites is 1. The highest BCUT2D eigenvalue weighted by molar-refractivity contribution is 7.99. The van der Waals surface area contributed by atoms with Crippen molar-refractivity contribution in [1.29, 1.82) is 0 Å². The molecule has 2 aromatic carbocycles. The molecule has 0 radical (unpaired) electrons. The Morgan fingerprint density at radius 1 is 0.870 bits per heavy atom. The normalized spacial score (nSPS) is 11.0. The van der Waals surface area contributed by atoms with E-state index in [2.05, 4.69) is 46.1 Å². The van der Waals surface area contributed by atoms with Crippen LogP contribution in [0.2, 0.25) is 0 Å². The van der Waals surface area contributed by atoms with Crippen LogP contribution in [0.4, 0.5) is 0 Å². The number of hydrogen-bond acceptors (Lipinski definition) is 4. The highest BCUT2D eigenvalue weighted by atomic mass is 32.2. The summed E-state index contributed by atoms with van der Waals surface area (Å²) in [6.07, 6.45) is 3.40. The van der Waals surface area contributed by atoms with Gasteiger partial charge in [-0.25, -0.2) is 15.0 Å². The Hall–Kier alpha value is -2.66. The van der Waals surface area contributed by atoms with Crippen molar-refractivity contribution >= 4 is 22.9 Å². The van der Waals surface area contributed by atoms with E-state index >= 15 is 0 Å². The second kappa shape index (κ2) is 5.85. The molecule has 0 N–H and O–H groups in total. The topological polar surface area (TPSA) is 43.6 Å². The lowest BCUT2D eigenvalue weighted by atomic mass is 10.2. The molecule has 0 saturated carbocycles. The van der Waals surface area contributed by atoms with E-state index in [4.69, 9.17) is 0 Å². The second-order valence-electron chi connectivity index (χ2n) is 5.22. The van der Waals surface area contributed by atoms with Gasteiger partial charge in [-0.05, 0) is 31.2 Å². The largest absolute Gasteiger partial charge is 0.283 e. The maximum absolute atomic E-state index is 4.53. The van der Waals surface area contributed by atoms with Gasteiger partial charge in [0, 0.05) is 10.6 Å². The predicted molar refractivity (Wildman–Crippen MR) is 92.0 cm³/mol. The third-order valence-corrected chi connectivity index (χ3v) is 4.57. The molecule has 0 aliphatic heterocycles. The Morgan fingerprint density at radius 3 is 2.43 bits per heavy atom. The first-order chi connectivity index (χ1) is 11.3. The summed E-state index contributed by atoms with van der Waals surface area (Å²) in [4.78, 5) is 14.5. The van der Waals surface area contributed by atoms with Gasteiger partial charge >= 0.3 is 0 Å². The molecular weight excluding hydrogens is 304 g/mol. The monoisotopic (exact) mass is 318 g/mol. The van der Waals surface area contributed by atoms with E-state index in [0.29, 0.717) is 0 Å². The molecular formula is C18H14N4S. The van der Waals surface area contributed by atoms with Crippen molar-refractivity contribution in [2.75, 3.05) is 0 Å². The average molecular weight is 318 g/mol. The summed E-state index contributed by atoms with van der Waals surface area (Å²) >= 11 is 1.61. The van der Waals surface area contributed by atoms with E-state index in [1.54, 1.807) is 24.4 Å². The van der Waals surface area contributed by atoms with Crippen molar-refractivity contribution in [3.63, 3.8) is 0 Å². The molecule has 0 aliphatic carbocycles. The lowest BCUT2D eigenvalue weighted by Crippen LogP contribution is -1.94. The molecule has 2 heterocycles. The number of aryl methyl sites for hydroxylation is 1. The lowest BCUT2D eigenvalue weighted by Gasteiger charge is -2.04. The van der Waals surface area contributed by atoms with Crippen LogP contribution in [0.15, 0.2) is 77.2 Å². The van der Waals surface area contributed by atoms with E-state index in [-0.39, 0.29) is 0 Å². The Labute approximate surface area is 138 Å². The molecule has 23 heavy (non-hydrogen) atoms. The molecule has 5 heteroatoms. The van der Waals surface area contributed by atoms with E-state index in [9.17, 15) is 0 Å². The molecule has 4 aromatic rings. The molecule has 0 amide bonds. The lowest BCUT2D eigenvalue weighted by molar-refractivity contribution is 1.04. The van der Waals surface area contributed by atoms with Crippen LogP contribution in [0.3, 0.4) is 0 Å². The second-order valence-corrected chi connectivity index (χ2v) is 6.28. The average Bonchev–Trinajstić information content (AvgIpc) is 3.03. The number of fused-ring (bicyclic) bond motifs is 1. The number of benzene rings is 2. The summed E-state index contributed by atoms with van der Waals surface area (Å²) in [7, 11) is 0. The van der Waals surface area contributed by atoms with Crippen LogP contribution >= 0.6 is 11.8 Å². The Balaban J connectivity index is 1.77. The number of imidazole rings is 1. The summed E-state index contributed by atoms with van der Waals surface area (Å²) in [6, 6.07) is 18.5. The fraction of sp³-hybridized carbons (Fsp3) is 0.0556. The zero-order chi connectivity index (χ0) is 15.6. The van der Waals surface area contributed by atoms with E-state index in [1.807, 2.05) is 34.9 Å². The summed E-state index contributed by atoms with van der Waals surface area (Å²) in [5, 5.41) is 0.869. The minimum absolute atomic E-state index is 0.820. The van der Waals surface area contributed by atoms with Gasteiger partial charge in [0.2, 0.25) is 0 Å². The third kappa shape index (κ3) is 2.71. The highest BCUT2D eigenvalue weighted by Gasteiger charge is 2.12. The van der Waals surface area contributed by atoms with Crippen LogP contribution in [0.1, 0.15) is 5.56 Å². The molecule has 2 aromatic heterocycles. The fourth-order valence-electron chi connectivity index (χ4n) is 2.38. The van der Waals surface area contributed by atoms with Gasteiger partial charge in [0.05, 0.1) is 0 Å². The van der Waals surface area contributed by atoms with Gasteiger partial charge in [0.1, 0.15) is 23.2 Å². The Bertz CT molecular complexity index is 946. The van der Waals surface area contributed by atoms with Crippen LogP contribution in [0.5, 0.6) is 0 Å². The number of nitrogens with zero attached hydrogens (tertiary/aromatic N) is 4. The Morgan fingerprint density at radius 2 is 1.65 bits per heavy atom. The van der Waals surface area contributed by atoms with Gasteiger partial charge in [0.15, 0.2) is 5.65 Å². The van der Waals surface area contributed by atoms with E-state index in [0.717, 1.165) is 26.8 Å². The zero-order valence-corrected chi connectivity index (χ0v) is 13.4. The van der Waals surface area contributed by atoms with Crippen molar-refractivity contribution < 1.29 is 0 Å². The Kier molecular flexibility index (Phi) is 3.55. The van der Waals surface area contributed by atoms with Crippen LogP contribution in [-0.2, 0) is 0 Å². The van der Waals surface area contributed by atoms with Crippen LogP contribution in [0, 0.1) is 6.92 Å². The SMILES string of the molecule is Cc1ccc(Sc2ncnc3c2ncn3-c2ccccc2)cc1. The van der Waals surface area contributed by atoms with Crippen molar-refractivity contribution in [2.24, 2.45) is 0 Å². The highest BCUT2D eigenvalue weighted by Crippen LogP contribution is 2.30. The van der Waals surface area contributed by atoms with Gasteiger partial charge in [0.25, 0.3) is 0 Å². The molecule has 0 bridgehead atoms. The predicted octanol–water partition coefficient (Wildman–Crippen LogP) is 4.28. The van der Waals surface area contributed by atoms with Gasteiger partial charge in [-0.15, -0.1) is 0 Å². The quantitative estimate of drug-likeness (QED) is 0.529. The molecule has 0 saturated heterocycles. The maximum atomic E-state index is 4.53. The summed E-state index contributed by atoms with van der Waals surface area (Å²) < 4.78 is 1.98. The zero-order valence-electron chi connectivity index (χ0n) is 12.5. The molecule has 0 aliphatic rings. The number of rotatable bonds is 3. The number of hydrogen-bond donors (Lipinski definition) is 0. The molecule has 112 valence electrons. The minimum atomic E-state index is 0.820. The van der Waals surface area contributed by atoms with E-state index in [1.165, 1.54) is 5.56 Å². The van der Waals surface area contributed by atoms with Gasteiger partial charge in [-0.2, -0.15) is 0 Å². The standard InChI is InChI=1S/C18H14N4S/c1-13-7-9-15(10-8-13)23-18-16-17(19-11-20-18)22(12-21-16)14-5-3-2-4-6-14/h2-12H,1H3. The molecule has 0 fully saturated rings. The summed E-state index contributed by atoms with van der Waals surface area (Å²) in [5.74, 6) is 0. The third-order valence-electron chi connectivity index (χ3n) is 3.57. The maximum Gasteiger partial charge on any atom is 0.169 e. The summed E-state index contributed by atoms with van der Waals surface area (Å²) in [5.41, 5.74) is 3.93. The van der Waals surface area contributed by atoms with Crippen molar-refractivity contribution in [3.8, 4) is 5.69 Å². The fourth-order valence-corrected chi connectivity index (χ4v) is 3.22. The molecule has 4 nitrogen and oxygen atoms in total. The smallest absolute Gasteiger partial charge is 0.169 e. The molecule has 4 rings (SSSR count). The molecule has 0 atom stereocenters. The van der Waals surface area contributed by atoms with Crippen molar-refractivity contribution in [3.05, 3.63) is 72.8 Å². The van der Waals surface area contributed by atoms with E-state index < -0.39 is 0 Å². The van der Waals surface area contributed by atoms with Gasteiger partial charge in [-0.3, -0.25) is 4.57 Å². The number of aromatic nitrogens is 4. The van der Waals surface area contributed by atoms with Crippen LogP contribution in [0.25, 0.3) is 16.9 Å². The first-order valence-electron chi connectivity index (χ1n) is 7.29. The van der Waals surface area contributed by atoms with Gasteiger partial charge < -0.3 is 0 Å². The first-order valence-corrected chi connectivity index (χ1v) is 8.11. The van der Waals surface area contributed by atoms with Crippen LogP contribution < -0.4 is 0 Å². The van der Waals surface area contributed by atoms with Crippen molar-refractivity contribution in [1.82, 2.24) is 19.5 Å². The molecule has 0 unspecified atom stereocenters. The summed E-state index contributed by atoms with van der Waals surface area (Å²) in [6.45, 7) is 2.08. The first kappa shape index (κ1) is 14.0.